The van der Waals surface area contributed by atoms with Gasteiger partial charge in [0, 0.05) is 19.2 Å². The molecule has 0 aliphatic rings. The lowest BCUT2D eigenvalue weighted by Crippen LogP contribution is -2.34. The van der Waals surface area contributed by atoms with Gasteiger partial charge in [0.25, 0.3) is 0 Å². The Hall–Kier alpha value is -1.04. The lowest BCUT2D eigenvalue weighted by atomic mass is 10.1. The van der Waals surface area contributed by atoms with Crippen LogP contribution in [-0.4, -0.2) is 42.8 Å². The molecule has 0 heterocycles. The summed E-state index contributed by atoms with van der Waals surface area (Å²) in [7, 11) is 0. The van der Waals surface area contributed by atoms with E-state index in [0.29, 0.717) is 12.1 Å². The fourth-order valence-electron chi connectivity index (χ4n) is 2.00. The molecule has 1 atom stereocenters. The highest BCUT2D eigenvalue weighted by Crippen LogP contribution is 2.15. The minimum atomic E-state index is -0.626. The number of benzene rings is 1. The lowest BCUT2D eigenvalue weighted by molar-refractivity contribution is 0.233. The van der Waals surface area contributed by atoms with Crippen molar-refractivity contribution in [3.8, 4) is 0 Å². The van der Waals surface area contributed by atoms with Gasteiger partial charge in [-0.25, -0.2) is 8.78 Å². The second-order valence-electron chi connectivity index (χ2n) is 4.42. The summed E-state index contributed by atoms with van der Waals surface area (Å²) in [5.74, 6) is -1.25. The zero-order chi connectivity index (χ0) is 14.3. The van der Waals surface area contributed by atoms with Crippen LogP contribution in [0, 0.1) is 11.6 Å². The first kappa shape index (κ1) is 16.0. The predicted molar refractivity (Wildman–Crippen MR) is 72.0 cm³/mol. The Bertz CT molecular complexity index is 363. The molecule has 0 bridgehead atoms. The Morgan fingerprint density at radius 1 is 1.16 bits per heavy atom. The van der Waals surface area contributed by atoms with Crippen molar-refractivity contribution in [1.29, 1.82) is 0 Å². The van der Waals surface area contributed by atoms with Crippen molar-refractivity contribution >= 4 is 0 Å². The maximum atomic E-state index is 13.1. The van der Waals surface area contributed by atoms with Crippen LogP contribution >= 0.6 is 0 Å². The summed E-state index contributed by atoms with van der Waals surface area (Å²) in [6.07, 6.45) is 0. The van der Waals surface area contributed by atoms with Gasteiger partial charge in [-0.05, 0) is 30.8 Å². The molecule has 0 radical (unpaired) electrons. The van der Waals surface area contributed by atoms with Crippen LogP contribution in [0.25, 0.3) is 0 Å². The van der Waals surface area contributed by atoms with Crippen molar-refractivity contribution < 1.29 is 13.9 Å². The van der Waals surface area contributed by atoms with Gasteiger partial charge in [0.15, 0.2) is 0 Å². The van der Waals surface area contributed by atoms with Crippen LogP contribution in [-0.2, 0) is 0 Å². The Morgan fingerprint density at radius 3 is 2.21 bits per heavy atom. The molecule has 0 spiro atoms. The van der Waals surface area contributed by atoms with Crippen LogP contribution in [0.1, 0.15) is 25.5 Å². The number of nitrogens with one attached hydrogen (secondary N) is 1. The number of aliphatic hydroxyl groups is 1. The molecule has 1 aromatic rings. The van der Waals surface area contributed by atoms with Crippen LogP contribution in [0.4, 0.5) is 8.78 Å². The van der Waals surface area contributed by atoms with Gasteiger partial charge in [-0.1, -0.05) is 13.8 Å². The summed E-state index contributed by atoms with van der Waals surface area (Å²) in [4.78, 5) is 2.23. The number of hydrogen-bond donors (Lipinski definition) is 2. The third kappa shape index (κ3) is 5.22. The molecule has 2 N–H and O–H groups in total. The highest BCUT2D eigenvalue weighted by Gasteiger charge is 2.12. The van der Waals surface area contributed by atoms with Crippen LogP contribution < -0.4 is 5.32 Å². The molecule has 1 rings (SSSR count). The van der Waals surface area contributed by atoms with E-state index in [1.165, 1.54) is 12.1 Å². The summed E-state index contributed by atoms with van der Waals surface area (Å²) in [6.45, 7) is 7.37. The maximum absolute atomic E-state index is 13.1. The second kappa shape index (κ2) is 8.19. The van der Waals surface area contributed by atoms with E-state index in [1.807, 2.05) is 0 Å². The van der Waals surface area contributed by atoms with E-state index in [1.54, 1.807) is 0 Å². The summed E-state index contributed by atoms with van der Waals surface area (Å²) in [5, 5.41) is 12.4. The predicted octanol–water partition coefficient (Wildman–Crippen LogP) is 1.93. The molecular weight excluding hydrogens is 250 g/mol. The van der Waals surface area contributed by atoms with Gasteiger partial charge in [-0.3, -0.25) is 0 Å². The van der Waals surface area contributed by atoms with Crippen molar-refractivity contribution in [3.05, 3.63) is 35.4 Å². The molecule has 0 saturated carbocycles. The number of aliphatic hydroxyl groups excluding tert-OH is 1. The Balaban J connectivity index is 2.58. The first-order valence-electron chi connectivity index (χ1n) is 6.63. The van der Waals surface area contributed by atoms with Crippen molar-refractivity contribution in [1.82, 2.24) is 10.2 Å². The molecule has 0 saturated heterocycles. The average Bonchev–Trinajstić information content (AvgIpc) is 2.38. The maximum Gasteiger partial charge on any atom is 0.126 e. The molecule has 3 nitrogen and oxygen atoms in total. The van der Waals surface area contributed by atoms with Gasteiger partial charge in [0.1, 0.15) is 11.6 Å². The molecule has 19 heavy (non-hydrogen) atoms. The molecular formula is C14H22F2N2O. The normalized spacial score (nSPS) is 12.9. The largest absolute Gasteiger partial charge is 0.394 e. The lowest BCUT2D eigenvalue weighted by Gasteiger charge is -2.21. The Labute approximate surface area is 113 Å². The standard InChI is InChI=1S/C14H22F2N2O/c1-3-18(4-2)6-5-17-14(10-19)11-7-12(15)9-13(16)8-11/h7-9,14,17,19H,3-6,10H2,1-2H3. The third-order valence-electron chi connectivity index (χ3n) is 3.18. The van der Waals surface area contributed by atoms with Gasteiger partial charge >= 0.3 is 0 Å². The molecule has 0 fully saturated rings. The fraction of sp³-hybridized carbons (Fsp3) is 0.571. The zero-order valence-electron chi connectivity index (χ0n) is 11.5. The summed E-state index contributed by atoms with van der Waals surface area (Å²) in [6, 6.07) is 2.87. The zero-order valence-corrected chi connectivity index (χ0v) is 11.5. The van der Waals surface area contributed by atoms with Gasteiger partial charge in [0.2, 0.25) is 0 Å². The van der Waals surface area contributed by atoms with Gasteiger partial charge in [-0.2, -0.15) is 0 Å². The summed E-state index contributed by atoms with van der Waals surface area (Å²) < 4.78 is 26.3. The second-order valence-corrected chi connectivity index (χ2v) is 4.42. The minimum absolute atomic E-state index is 0.193. The highest BCUT2D eigenvalue weighted by atomic mass is 19.1. The van der Waals surface area contributed by atoms with E-state index in [4.69, 9.17) is 0 Å². The van der Waals surface area contributed by atoms with E-state index in [0.717, 1.165) is 25.7 Å². The summed E-state index contributed by atoms with van der Waals surface area (Å²) in [5.41, 5.74) is 0.430. The van der Waals surface area contributed by atoms with Crippen molar-refractivity contribution in [2.75, 3.05) is 32.8 Å². The number of halogens is 2. The molecule has 108 valence electrons. The Kier molecular flexibility index (Phi) is 6.91. The Morgan fingerprint density at radius 2 is 1.74 bits per heavy atom. The minimum Gasteiger partial charge on any atom is -0.394 e. The number of rotatable bonds is 8. The van der Waals surface area contributed by atoms with E-state index < -0.39 is 17.7 Å². The van der Waals surface area contributed by atoms with Gasteiger partial charge < -0.3 is 15.3 Å². The van der Waals surface area contributed by atoms with E-state index >= 15 is 0 Å². The van der Waals surface area contributed by atoms with E-state index in [9.17, 15) is 13.9 Å². The SMILES string of the molecule is CCN(CC)CCNC(CO)c1cc(F)cc(F)c1. The summed E-state index contributed by atoms with van der Waals surface area (Å²) >= 11 is 0. The first-order chi connectivity index (χ1) is 9.10. The fourth-order valence-corrected chi connectivity index (χ4v) is 2.00. The number of likely N-dealkylation sites (N-methyl/N-ethyl adjacent to an activating group) is 1. The van der Waals surface area contributed by atoms with E-state index in [-0.39, 0.29) is 6.61 Å². The molecule has 1 aromatic carbocycles. The van der Waals surface area contributed by atoms with Crippen LogP contribution in [0.3, 0.4) is 0 Å². The average molecular weight is 272 g/mol. The van der Waals surface area contributed by atoms with Crippen LogP contribution in [0.5, 0.6) is 0 Å². The molecule has 0 aromatic heterocycles. The molecule has 0 aliphatic carbocycles. The topological polar surface area (TPSA) is 35.5 Å². The quantitative estimate of drug-likeness (QED) is 0.759. The smallest absolute Gasteiger partial charge is 0.126 e. The molecule has 0 amide bonds. The van der Waals surface area contributed by atoms with Crippen LogP contribution in [0.2, 0.25) is 0 Å². The third-order valence-corrected chi connectivity index (χ3v) is 3.18. The van der Waals surface area contributed by atoms with Gasteiger partial charge in [-0.15, -0.1) is 0 Å². The number of hydrogen-bond acceptors (Lipinski definition) is 3. The van der Waals surface area contributed by atoms with Crippen LogP contribution in [0.15, 0.2) is 18.2 Å². The van der Waals surface area contributed by atoms with Crippen molar-refractivity contribution in [3.63, 3.8) is 0 Å². The van der Waals surface area contributed by atoms with Gasteiger partial charge in [0.05, 0.1) is 12.6 Å². The monoisotopic (exact) mass is 272 g/mol. The highest BCUT2D eigenvalue weighted by molar-refractivity contribution is 5.21. The number of nitrogens with zero attached hydrogens (tertiary/aromatic N) is 1. The molecule has 0 aliphatic heterocycles. The molecule has 1 unspecified atom stereocenters. The first-order valence-corrected chi connectivity index (χ1v) is 6.63. The van der Waals surface area contributed by atoms with Crippen molar-refractivity contribution in [2.24, 2.45) is 0 Å². The molecule has 5 heteroatoms. The van der Waals surface area contributed by atoms with Crippen molar-refractivity contribution in [2.45, 2.75) is 19.9 Å². The van der Waals surface area contributed by atoms with E-state index in [2.05, 4.69) is 24.1 Å².